The fourth-order valence-corrected chi connectivity index (χ4v) is 1.99. The Bertz CT molecular complexity index is 556. The van der Waals surface area contributed by atoms with Crippen molar-refractivity contribution in [3.8, 4) is 0 Å². The van der Waals surface area contributed by atoms with Gasteiger partial charge in [-0.05, 0) is 18.8 Å². The molecule has 1 unspecified atom stereocenters. The summed E-state index contributed by atoms with van der Waals surface area (Å²) in [5, 5.41) is 12.4. The smallest absolute Gasteiger partial charge is 0.267 e. The third-order valence-corrected chi connectivity index (χ3v) is 3.34. The van der Waals surface area contributed by atoms with Crippen LogP contribution in [0.4, 0.5) is 0 Å². The summed E-state index contributed by atoms with van der Waals surface area (Å²) in [6, 6.07) is 3.40. The second-order valence-electron chi connectivity index (χ2n) is 5.23. The minimum atomic E-state index is -0.685. The van der Waals surface area contributed by atoms with Crippen LogP contribution in [0.15, 0.2) is 22.8 Å². The zero-order chi connectivity index (χ0) is 13.9. The fourth-order valence-electron chi connectivity index (χ4n) is 1.99. The predicted molar refractivity (Wildman–Crippen MR) is 72.4 cm³/mol. The summed E-state index contributed by atoms with van der Waals surface area (Å²) < 4.78 is 10.5. The quantitative estimate of drug-likeness (QED) is 0.712. The third kappa shape index (κ3) is 3.20. The predicted octanol–water partition coefficient (Wildman–Crippen LogP) is 1.28. The number of aromatic amines is 1. The van der Waals surface area contributed by atoms with Gasteiger partial charge in [0.2, 0.25) is 0 Å². The van der Waals surface area contributed by atoms with Crippen LogP contribution in [0.3, 0.4) is 0 Å². The van der Waals surface area contributed by atoms with Gasteiger partial charge in [-0.1, -0.05) is 0 Å². The van der Waals surface area contributed by atoms with Gasteiger partial charge in [0, 0.05) is 25.3 Å². The molecule has 0 aromatic carbocycles. The molecule has 3 N–H and O–H groups in total. The second kappa shape index (κ2) is 5.68. The van der Waals surface area contributed by atoms with Crippen LogP contribution in [0.2, 0.25) is 0 Å². The molecule has 1 amide bonds. The normalized spacial score (nSPS) is 16.4. The van der Waals surface area contributed by atoms with Crippen molar-refractivity contribution in [3.05, 3.63) is 24.1 Å². The Morgan fingerprint density at radius 1 is 1.60 bits per heavy atom. The SMILES string of the molecule is O=C(NCC(O)COCC1CC1)c1cc2occc2[nH]1. The van der Waals surface area contributed by atoms with Gasteiger partial charge in [0.15, 0.2) is 5.58 Å². The van der Waals surface area contributed by atoms with Crippen LogP contribution in [0.1, 0.15) is 23.3 Å². The summed E-state index contributed by atoms with van der Waals surface area (Å²) in [6.45, 7) is 1.13. The molecule has 0 radical (unpaired) electrons. The molecular formula is C14H18N2O4. The number of furan rings is 1. The average Bonchev–Trinajstić information content (AvgIpc) is 2.99. The van der Waals surface area contributed by atoms with Gasteiger partial charge in [-0.2, -0.15) is 0 Å². The Balaban J connectivity index is 1.42. The van der Waals surface area contributed by atoms with E-state index in [9.17, 15) is 9.90 Å². The highest BCUT2D eigenvalue weighted by Gasteiger charge is 2.21. The highest BCUT2D eigenvalue weighted by atomic mass is 16.5. The lowest BCUT2D eigenvalue weighted by Crippen LogP contribution is -2.34. The molecule has 2 aromatic rings. The van der Waals surface area contributed by atoms with Crippen molar-refractivity contribution >= 4 is 17.0 Å². The summed E-state index contributed by atoms with van der Waals surface area (Å²) in [5.74, 6) is 0.406. The summed E-state index contributed by atoms with van der Waals surface area (Å²) in [5.41, 5.74) is 1.84. The number of carbonyl (C=O) groups is 1. The molecule has 0 saturated heterocycles. The van der Waals surface area contributed by atoms with Gasteiger partial charge < -0.3 is 24.6 Å². The van der Waals surface area contributed by atoms with Gasteiger partial charge in [-0.25, -0.2) is 0 Å². The van der Waals surface area contributed by atoms with Crippen LogP contribution in [-0.2, 0) is 4.74 Å². The summed E-state index contributed by atoms with van der Waals surface area (Å²) in [4.78, 5) is 14.8. The molecule has 3 rings (SSSR count). The van der Waals surface area contributed by atoms with Gasteiger partial charge in [0.05, 0.1) is 24.5 Å². The first-order valence-corrected chi connectivity index (χ1v) is 6.82. The van der Waals surface area contributed by atoms with Crippen molar-refractivity contribution in [2.75, 3.05) is 19.8 Å². The molecule has 2 heterocycles. The Hall–Kier alpha value is -1.79. The van der Waals surface area contributed by atoms with E-state index < -0.39 is 6.10 Å². The first-order valence-electron chi connectivity index (χ1n) is 6.82. The number of H-pyrrole nitrogens is 1. The number of nitrogens with one attached hydrogen (secondary N) is 2. The lowest BCUT2D eigenvalue weighted by molar-refractivity contribution is 0.0320. The minimum Gasteiger partial charge on any atom is -0.463 e. The van der Waals surface area contributed by atoms with Crippen molar-refractivity contribution in [2.45, 2.75) is 18.9 Å². The number of ether oxygens (including phenoxy) is 1. The molecule has 108 valence electrons. The molecule has 0 spiro atoms. The number of carbonyl (C=O) groups excluding carboxylic acids is 1. The van der Waals surface area contributed by atoms with E-state index in [0.717, 1.165) is 5.52 Å². The maximum absolute atomic E-state index is 11.9. The van der Waals surface area contributed by atoms with Crippen molar-refractivity contribution in [1.29, 1.82) is 0 Å². The number of hydrogen-bond donors (Lipinski definition) is 3. The summed E-state index contributed by atoms with van der Waals surface area (Å²) >= 11 is 0. The Morgan fingerprint density at radius 2 is 2.45 bits per heavy atom. The molecule has 0 bridgehead atoms. The Labute approximate surface area is 116 Å². The zero-order valence-electron chi connectivity index (χ0n) is 11.1. The van der Waals surface area contributed by atoms with Gasteiger partial charge in [0.1, 0.15) is 5.69 Å². The maximum Gasteiger partial charge on any atom is 0.267 e. The number of rotatable bonds is 7. The Morgan fingerprint density at radius 3 is 3.20 bits per heavy atom. The number of amides is 1. The van der Waals surface area contributed by atoms with Crippen LogP contribution in [-0.4, -0.2) is 41.9 Å². The van der Waals surface area contributed by atoms with Crippen LogP contribution >= 0.6 is 0 Å². The van der Waals surface area contributed by atoms with Crippen molar-refractivity contribution in [1.82, 2.24) is 10.3 Å². The number of aliphatic hydroxyl groups is 1. The van der Waals surface area contributed by atoms with Gasteiger partial charge in [0.25, 0.3) is 5.91 Å². The monoisotopic (exact) mass is 278 g/mol. The number of fused-ring (bicyclic) bond motifs is 1. The van der Waals surface area contributed by atoms with E-state index >= 15 is 0 Å². The molecule has 6 heteroatoms. The minimum absolute atomic E-state index is 0.171. The third-order valence-electron chi connectivity index (χ3n) is 3.34. The maximum atomic E-state index is 11.9. The lowest BCUT2D eigenvalue weighted by atomic mass is 10.3. The number of hydrogen-bond acceptors (Lipinski definition) is 4. The largest absolute Gasteiger partial charge is 0.463 e. The topological polar surface area (TPSA) is 87.5 Å². The first kappa shape index (κ1) is 13.2. The second-order valence-corrected chi connectivity index (χ2v) is 5.23. The van der Waals surface area contributed by atoms with Gasteiger partial charge >= 0.3 is 0 Å². The van der Waals surface area contributed by atoms with E-state index in [4.69, 9.17) is 9.15 Å². The molecular weight excluding hydrogens is 260 g/mol. The number of aliphatic hydroxyl groups excluding tert-OH is 1. The molecule has 1 aliphatic rings. The zero-order valence-corrected chi connectivity index (χ0v) is 11.1. The van der Waals surface area contributed by atoms with Crippen molar-refractivity contribution < 1.29 is 19.1 Å². The molecule has 1 saturated carbocycles. The van der Waals surface area contributed by atoms with E-state index in [1.54, 1.807) is 18.4 Å². The van der Waals surface area contributed by atoms with Crippen LogP contribution in [0.25, 0.3) is 11.1 Å². The molecule has 1 aliphatic carbocycles. The number of aromatic nitrogens is 1. The highest BCUT2D eigenvalue weighted by Crippen LogP contribution is 2.28. The molecule has 20 heavy (non-hydrogen) atoms. The van der Waals surface area contributed by atoms with E-state index in [0.29, 0.717) is 23.8 Å². The van der Waals surface area contributed by atoms with Crippen LogP contribution in [0, 0.1) is 5.92 Å². The molecule has 0 aliphatic heterocycles. The van der Waals surface area contributed by atoms with Crippen LogP contribution in [0.5, 0.6) is 0 Å². The molecule has 1 fully saturated rings. The molecule has 2 aromatic heterocycles. The van der Waals surface area contributed by atoms with E-state index in [1.165, 1.54) is 12.8 Å². The van der Waals surface area contributed by atoms with Gasteiger partial charge in [-0.15, -0.1) is 0 Å². The fraction of sp³-hybridized carbons (Fsp3) is 0.500. The average molecular weight is 278 g/mol. The van der Waals surface area contributed by atoms with Crippen molar-refractivity contribution in [3.63, 3.8) is 0 Å². The standard InChI is InChI=1S/C14H18N2O4/c17-10(8-19-7-9-1-2-9)6-15-14(18)12-5-13-11(16-12)3-4-20-13/h3-5,9-10,16-17H,1-2,6-8H2,(H,15,18). The summed E-state index contributed by atoms with van der Waals surface area (Å²) in [6.07, 6.45) is 3.32. The lowest BCUT2D eigenvalue weighted by Gasteiger charge is -2.11. The van der Waals surface area contributed by atoms with E-state index in [2.05, 4.69) is 10.3 Å². The van der Waals surface area contributed by atoms with Gasteiger partial charge in [-0.3, -0.25) is 4.79 Å². The van der Waals surface area contributed by atoms with Crippen LogP contribution < -0.4 is 5.32 Å². The first-order chi connectivity index (χ1) is 9.72. The van der Waals surface area contributed by atoms with E-state index in [-0.39, 0.29) is 19.1 Å². The highest BCUT2D eigenvalue weighted by molar-refractivity contribution is 5.96. The van der Waals surface area contributed by atoms with E-state index in [1.807, 2.05) is 0 Å². The molecule has 6 nitrogen and oxygen atoms in total. The summed E-state index contributed by atoms with van der Waals surface area (Å²) in [7, 11) is 0. The van der Waals surface area contributed by atoms with Crippen molar-refractivity contribution in [2.24, 2.45) is 5.92 Å². The Kier molecular flexibility index (Phi) is 3.75. The molecule has 1 atom stereocenters.